The summed E-state index contributed by atoms with van der Waals surface area (Å²) >= 11 is 7.46. The van der Waals surface area contributed by atoms with E-state index in [9.17, 15) is 4.79 Å². The summed E-state index contributed by atoms with van der Waals surface area (Å²) in [6, 6.07) is 8.01. The molecule has 20 heavy (non-hydrogen) atoms. The Labute approximate surface area is 130 Å². The summed E-state index contributed by atoms with van der Waals surface area (Å²) in [4.78, 5) is 15.5. The molecule has 3 nitrogen and oxygen atoms in total. The molecule has 0 radical (unpaired) electrons. The number of hydrogen-bond acceptors (Lipinski definition) is 3. The van der Waals surface area contributed by atoms with Gasteiger partial charge in [-0.3, -0.25) is 4.79 Å². The summed E-state index contributed by atoms with van der Waals surface area (Å²) in [6.45, 7) is 3.97. The first kappa shape index (κ1) is 15.7. The zero-order valence-corrected chi connectivity index (χ0v) is 13.5. The Morgan fingerprint density at radius 1 is 1.35 bits per heavy atom. The Hall–Kier alpha value is -0.710. The van der Waals surface area contributed by atoms with Crippen LogP contribution in [0.25, 0.3) is 0 Å². The van der Waals surface area contributed by atoms with Crippen LogP contribution in [0, 0.1) is 0 Å². The molecule has 1 aromatic carbocycles. The minimum absolute atomic E-state index is 0.0731. The van der Waals surface area contributed by atoms with E-state index in [-0.39, 0.29) is 11.2 Å². The van der Waals surface area contributed by atoms with Crippen molar-refractivity contribution in [2.24, 2.45) is 0 Å². The van der Waals surface area contributed by atoms with Crippen LogP contribution in [0.3, 0.4) is 0 Å². The van der Waals surface area contributed by atoms with E-state index in [1.54, 1.807) is 11.8 Å². The van der Waals surface area contributed by atoms with E-state index >= 15 is 0 Å². The van der Waals surface area contributed by atoms with Gasteiger partial charge < -0.3 is 10.2 Å². The van der Waals surface area contributed by atoms with Crippen LogP contribution in [-0.4, -0.2) is 42.2 Å². The molecule has 0 spiro atoms. The molecule has 5 heteroatoms. The number of amides is 1. The van der Waals surface area contributed by atoms with Crippen molar-refractivity contribution >= 4 is 29.3 Å². The number of halogens is 1. The number of piperidine rings is 1. The molecule has 0 bridgehead atoms. The van der Waals surface area contributed by atoms with Crippen LogP contribution in [0.2, 0.25) is 5.02 Å². The lowest BCUT2D eigenvalue weighted by molar-refractivity contribution is -0.131. The van der Waals surface area contributed by atoms with Crippen molar-refractivity contribution in [3.63, 3.8) is 0 Å². The maximum Gasteiger partial charge on any atom is 0.235 e. The predicted molar refractivity (Wildman–Crippen MR) is 85.4 cm³/mol. The maximum atomic E-state index is 12.5. The minimum atomic E-state index is -0.0731. The van der Waals surface area contributed by atoms with Crippen LogP contribution < -0.4 is 5.32 Å². The van der Waals surface area contributed by atoms with Gasteiger partial charge >= 0.3 is 0 Å². The predicted octanol–water partition coefficient (Wildman–Crippen LogP) is 3.03. The molecule has 1 amide bonds. The SMILES string of the molecule is CC(Sc1ccc(Cl)cc1)C(=O)N(C)C1CCNCC1. The zero-order chi connectivity index (χ0) is 14.5. The van der Waals surface area contributed by atoms with Gasteiger partial charge in [0.25, 0.3) is 0 Å². The molecule has 1 aliphatic rings. The molecular formula is C15H21ClN2OS. The number of benzene rings is 1. The largest absolute Gasteiger partial charge is 0.342 e. The van der Waals surface area contributed by atoms with E-state index in [2.05, 4.69) is 5.32 Å². The number of carbonyl (C=O) groups excluding carboxylic acids is 1. The lowest BCUT2D eigenvalue weighted by Gasteiger charge is -2.33. The van der Waals surface area contributed by atoms with Crippen LogP contribution in [0.1, 0.15) is 19.8 Å². The van der Waals surface area contributed by atoms with Gasteiger partial charge in [0, 0.05) is 23.0 Å². The number of nitrogens with one attached hydrogen (secondary N) is 1. The van der Waals surface area contributed by atoms with Crippen molar-refractivity contribution in [3.8, 4) is 0 Å². The summed E-state index contributed by atoms with van der Waals surface area (Å²) in [5, 5.41) is 3.98. The van der Waals surface area contributed by atoms with Gasteiger partial charge in [-0.25, -0.2) is 0 Å². The van der Waals surface area contributed by atoms with E-state index in [1.807, 2.05) is 43.1 Å². The standard InChI is InChI=1S/C15H21ClN2OS/c1-11(20-14-5-3-12(16)4-6-14)15(19)18(2)13-7-9-17-10-8-13/h3-6,11,13,17H,7-10H2,1-2H3. The number of carbonyl (C=O) groups is 1. The highest BCUT2D eigenvalue weighted by molar-refractivity contribution is 8.00. The van der Waals surface area contributed by atoms with Crippen LogP contribution in [0.5, 0.6) is 0 Å². The molecule has 1 aromatic rings. The number of nitrogens with zero attached hydrogens (tertiary/aromatic N) is 1. The Balaban J connectivity index is 1.92. The molecule has 1 unspecified atom stereocenters. The highest BCUT2D eigenvalue weighted by Crippen LogP contribution is 2.26. The zero-order valence-electron chi connectivity index (χ0n) is 11.9. The van der Waals surface area contributed by atoms with Gasteiger partial charge in [-0.15, -0.1) is 11.8 Å². The summed E-state index contributed by atoms with van der Waals surface area (Å²) in [7, 11) is 1.93. The average molecular weight is 313 g/mol. The van der Waals surface area contributed by atoms with Crippen molar-refractivity contribution in [1.82, 2.24) is 10.2 Å². The molecule has 110 valence electrons. The van der Waals surface area contributed by atoms with Crippen molar-refractivity contribution in [3.05, 3.63) is 29.3 Å². The second-order valence-electron chi connectivity index (χ2n) is 5.14. The number of rotatable bonds is 4. The molecule has 2 rings (SSSR count). The molecule has 0 aliphatic carbocycles. The fourth-order valence-electron chi connectivity index (χ4n) is 2.43. The highest BCUT2D eigenvalue weighted by Gasteiger charge is 2.25. The van der Waals surface area contributed by atoms with E-state index in [1.165, 1.54) is 0 Å². The fraction of sp³-hybridized carbons (Fsp3) is 0.533. The maximum absolute atomic E-state index is 12.5. The van der Waals surface area contributed by atoms with Crippen LogP contribution in [0.15, 0.2) is 29.2 Å². The Morgan fingerprint density at radius 3 is 2.55 bits per heavy atom. The van der Waals surface area contributed by atoms with Gasteiger partial charge in [-0.1, -0.05) is 11.6 Å². The number of thioether (sulfide) groups is 1. The molecule has 1 aliphatic heterocycles. The van der Waals surface area contributed by atoms with Crippen LogP contribution in [-0.2, 0) is 4.79 Å². The molecule has 1 atom stereocenters. The average Bonchev–Trinajstić information content (AvgIpc) is 2.49. The summed E-state index contributed by atoms with van der Waals surface area (Å²) in [5.74, 6) is 0.205. The van der Waals surface area contributed by atoms with E-state index in [0.29, 0.717) is 6.04 Å². The van der Waals surface area contributed by atoms with E-state index < -0.39 is 0 Å². The van der Waals surface area contributed by atoms with Crippen LogP contribution in [0.4, 0.5) is 0 Å². The van der Waals surface area contributed by atoms with Crippen molar-refractivity contribution in [1.29, 1.82) is 0 Å². The molecule has 1 saturated heterocycles. The van der Waals surface area contributed by atoms with Gasteiger partial charge in [-0.05, 0) is 57.1 Å². The first-order valence-corrected chi connectivity index (χ1v) is 8.23. The second kappa shape index (κ2) is 7.34. The lowest BCUT2D eigenvalue weighted by Crippen LogP contribution is -2.46. The summed E-state index contributed by atoms with van der Waals surface area (Å²) < 4.78 is 0. The third-order valence-corrected chi connectivity index (χ3v) is 5.03. The van der Waals surface area contributed by atoms with Gasteiger partial charge in [0.15, 0.2) is 0 Å². The van der Waals surface area contributed by atoms with Gasteiger partial charge in [0.05, 0.1) is 5.25 Å². The molecule has 0 aromatic heterocycles. The first-order valence-electron chi connectivity index (χ1n) is 6.97. The Bertz CT molecular complexity index is 446. The van der Waals surface area contributed by atoms with Crippen molar-refractivity contribution in [2.45, 2.75) is 36.0 Å². The summed E-state index contributed by atoms with van der Waals surface area (Å²) in [6.07, 6.45) is 2.08. The number of hydrogen-bond donors (Lipinski definition) is 1. The lowest BCUT2D eigenvalue weighted by atomic mass is 10.1. The van der Waals surface area contributed by atoms with Crippen molar-refractivity contribution in [2.75, 3.05) is 20.1 Å². The minimum Gasteiger partial charge on any atom is -0.342 e. The summed E-state index contributed by atoms with van der Waals surface area (Å²) in [5.41, 5.74) is 0. The third kappa shape index (κ3) is 4.14. The molecule has 1 heterocycles. The second-order valence-corrected chi connectivity index (χ2v) is 6.99. The monoisotopic (exact) mass is 312 g/mol. The molecule has 1 N–H and O–H groups in total. The van der Waals surface area contributed by atoms with Gasteiger partial charge in [0.2, 0.25) is 5.91 Å². The smallest absolute Gasteiger partial charge is 0.235 e. The molecule has 1 fully saturated rings. The molecular weight excluding hydrogens is 292 g/mol. The Morgan fingerprint density at radius 2 is 1.95 bits per heavy atom. The first-order chi connectivity index (χ1) is 9.58. The van der Waals surface area contributed by atoms with Gasteiger partial charge in [0.1, 0.15) is 0 Å². The van der Waals surface area contributed by atoms with E-state index in [0.717, 1.165) is 35.8 Å². The fourth-order valence-corrected chi connectivity index (χ4v) is 3.52. The van der Waals surface area contributed by atoms with Crippen LogP contribution >= 0.6 is 23.4 Å². The van der Waals surface area contributed by atoms with E-state index in [4.69, 9.17) is 11.6 Å². The normalized spacial score (nSPS) is 17.8. The molecule has 0 saturated carbocycles. The Kier molecular flexibility index (Phi) is 5.75. The topological polar surface area (TPSA) is 32.3 Å². The van der Waals surface area contributed by atoms with Crippen molar-refractivity contribution < 1.29 is 4.79 Å². The van der Waals surface area contributed by atoms with Gasteiger partial charge in [-0.2, -0.15) is 0 Å². The third-order valence-electron chi connectivity index (χ3n) is 3.68. The highest BCUT2D eigenvalue weighted by atomic mass is 35.5. The quantitative estimate of drug-likeness (QED) is 0.867.